The summed E-state index contributed by atoms with van der Waals surface area (Å²) in [7, 11) is 1.14. The second kappa shape index (κ2) is 6.46. The van der Waals surface area contributed by atoms with E-state index in [2.05, 4.69) is 4.74 Å². The molecule has 0 aliphatic heterocycles. The van der Waals surface area contributed by atoms with Crippen molar-refractivity contribution >= 4 is 18.4 Å². The fourth-order valence-corrected chi connectivity index (χ4v) is 1.22. The molecule has 1 atom stereocenters. The molecule has 7 heteroatoms. The third kappa shape index (κ3) is 3.90. The molecule has 0 saturated heterocycles. The van der Waals surface area contributed by atoms with Crippen LogP contribution >= 0.6 is 12.4 Å². The summed E-state index contributed by atoms with van der Waals surface area (Å²) in [5.41, 5.74) is 5.05. The largest absolute Gasteiger partial charge is 0.469 e. The van der Waals surface area contributed by atoms with E-state index in [0.29, 0.717) is 6.07 Å². The number of hydrogen-bond acceptors (Lipinski definition) is 3. The van der Waals surface area contributed by atoms with E-state index in [0.717, 1.165) is 13.2 Å². The van der Waals surface area contributed by atoms with Crippen molar-refractivity contribution in [1.82, 2.24) is 0 Å². The van der Waals surface area contributed by atoms with Crippen LogP contribution in [0.2, 0.25) is 0 Å². The summed E-state index contributed by atoms with van der Waals surface area (Å²) in [6, 6.07) is 0.0214. The molecule has 1 rings (SSSR count). The lowest BCUT2D eigenvalue weighted by atomic mass is 10.0. The number of benzene rings is 1. The Kier molecular flexibility index (Phi) is 5.98. The second-order valence-corrected chi connectivity index (χ2v) is 3.18. The van der Waals surface area contributed by atoms with Crippen molar-refractivity contribution in [1.29, 1.82) is 0 Å². The molecule has 0 aromatic heterocycles. The van der Waals surface area contributed by atoms with Gasteiger partial charge in [0.2, 0.25) is 0 Å². The Morgan fingerprint density at radius 3 is 2.53 bits per heavy atom. The van der Waals surface area contributed by atoms with Crippen LogP contribution in [0.4, 0.5) is 13.2 Å². The van der Waals surface area contributed by atoms with Crippen molar-refractivity contribution in [3.63, 3.8) is 0 Å². The third-order valence-electron chi connectivity index (χ3n) is 2.03. The highest BCUT2D eigenvalue weighted by atomic mass is 35.5. The zero-order chi connectivity index (χ0) is 12.3. The summed E-state index contributed by atoms with van der Waals surface area (Å²) in [5.74, 6) is -4.22. The number of carbonyl (C=O) groups is 1. The van der Waals surface area contributed by atoms with Gasteiger partial charge in [0, 0.05) is 17.7 Å². The number of nitrogens with two attached hydrogens (primary N) is 1. The molecule has 0 unspecified atom stereocenters. The van der Waals surface area contributed by atoms with Gasteiger partial charge in [0.15, 0.2) is 11.6 Å². The minimum absolute atomic E-state index is 0. The Morgan fingerprint density at radius 1 is 1.41 bits per heavy atom. The quantitative estimate of drug-likeness (QED) is 0.675. The number of carbonyl (C=O) groups excluding carboxylic acids is 1. The highest BCUT2D eigenvalue weighted by Gasteiger charge is 2.19. The van der Waals surface area contributed by atoms with Crippen molar-refractivity contribution in [3.8, 4) is 0 Å². The van der Waals surface area contributed by atoms with E-state index in [1.54, 1.807) is 0 Å². The average molecular weight is 270 g/mol. The molecule has 0 aliphatic carbocycles. The Balaban J connectivity index is 0.00000256. The molecule has 3 nitrogen and oxygen atoms in total. The topological polar surface area (TPSA) is 52.3 Å². The first kappa shape index (κ1) is 15.7. The lowest BCUT2D eigenvalue weighted by Crippen LogP contribution is -2.18. The molecular weight excluding hydrogens is 259 g/mol. The minimum Gasteiger partial charge on any atom is -0.469 e. The maximum absolute atomic E-state index is 13.2. The summed E-state index contributed by atoms with van der Waals surface area (Å²) in [6.45, 7) is 0. The van der Waals surface area contributed by atoms with Crippen LogP contribution in [0, 0.1) is 17.5 Å². The van der Waals surface area contributed by atoms with Gasteiger partial charge in [0.05, 0.1) is 13.5 Å². The van der Waals surface area contributed by atoms with Gasteiger partial charge in [-0.2, -0.15) is 0 Å². The molecule has 0 heterocycles. The number of rotatable bonds is 3. The zero-order valence-corrected chi connectivity index (χ0v) is 9.69. The van der Waals surface area contributed by atoms with Gasteiger partial charge in [0.1, 0.15) is 5.82 Å². The zero-order valence-electron chi connectivity index (χ0n) is 8.88. The summed E-state index contributed by atoms with van der Waals surface area (Å²) in [5, 5.41) is 0. The van der Waals surface area contributed by atoms with Gasteiger partial charge in [-0.05, 0) is 6.07 Å². The van der Waals surface area contributed by atoms with Crippen molar-refractivity contribution in [2.45, 2.75) is 12.5 Å². The Hall–Kier alpha value is -1.27. The molecule has 96 valence electrons. The average Bonchev–Trinajstić information content (AvgIpc) is 2.22. The van der Waals surface area contributed by atoms with Crippen LogP contribution in [0.5, 0.6) is 0 Å². The molecule has 0 saturated carbocycles. The van der Waals surface area contributed by atoms with Gasteiger partial charge >= 0.3 is 5.97 Å². The van der Waals surface area contributed by atoms with Gasteiger partial charge in [-0.25, -0.2) is 13.2 Å². The van der Waals surface area contributed by atoms with Crippen molar-refractivity contribution < 1.29 is 22.7 Å². The standard InChI is InChI=1S/C10H10F3NO2.ClH/c1-16-9(15)4-8(14)6-2-5(11)3-7(12)10(6)13;/h2-3,8H,4,14H2,1H3;1H/t8-;/m0./s1. The molecule has 2 N–H and O–H groups in total. The maximum Gasteiger partial charge on any atom is 0.307 e. The number of halogens is 4. The van der Waals surface area contributed by atoms with E-state index >= 15 is 0 Å². The molecule has 1 aromatic rings. The fourth-order valence-electron chi connectivity index (χ4n) is 1.22. The first-order valence-corrected chi connectivity index (χ1v) is 4.42. The minimum atomic E-state index is -1.34. The highest BCUT2D eigenvalue weighted by Crippen LogP contribution is 2.21. The molecule has 0 amide bonds. The van der Waals surface area contributed by atoms with E-state index < -0.39 is 29.5 Å². The van der Waals surface area contributed by atoms with E-state index in [1.807, 2.05) is 0 Å². The number of esters is 1. The second-order valence-electron chi connectivity index (χ2n) is 3.18. The summed E-state index contributed by atoms with van der Waals surface area (Å²) >= 11 is 0. The molecule has 0 fully saturated rings. The summed E-state index contributed by atoms with van der Waals surface area (Å²) in [6.07, 6.45) is -0.351. The van der Waals surface area contributed by atoms with Gasteiger partial charge in [-0.3, -0.25) is 4.79 Å². The molecule has 0 aliphatic rings. The van der Waals surface area contributed by atoms with Crippen LogP contribution in [0.25, 0.3) is 0 Å². The van der Waals surface area contributed by atoms with Crippen LogP contribution in [0.1, 0.15) is 18.0 Å². The number of hydrogen-bond donors (Lipinski definition) is 1. The molecular formula is C10H11ClF3NO2. The monoisotopic (exact) mass is 269 g/mol. The Labute approximate surface area is 102 Å². The van der Waals surface area contributed by atoms with Crippen molar-refractivity contribution in [2.75, 3.05) is 7.11 Å². The third-order valence-corrected chi connectivity index (χ3v) is 2.03. The molecule has 0 spiro atoms. The lowest BCUT2D eigenvalue weighted by molar-refractivity contribution is -0.141. The van der Waals surface area contributed by atoms with Crippen molar-refractivity contribution in [2.24, 2.45) is 5.73 Å². The maximum atomic E-state index is 13.2. The first-order valence-electron chi connectivity index (χ1n) is 4.42. The Morgan fingerprint density at radius 2 is 2.00 bits per heavy atom. The summed E-state index contributed by atoms with van der Waals surface area (Å²) in [4.78, 5) is 10.9. The van der Waals surface area contributed by atoms with Gasteiger partial charge in [-0.15, -0.1) is 12.4 Å². The van der Waals surface area contributed by atoms with Crippen LogP contribution in [0.3, 0.4) is 0 Å². The van der Waals surface area contributed by atoms with E-state index in [4.69, 9.17) is 5.73 Å². The SMILES string of the molecule is COC(=O)C[C@H](N)c1cc(F)cc(F)c1F.Cl. The van der Waals surface area contributed by atoms with E-state index in [-0.39, 0.29) is 24.4 Å². The predicted octanol–water partition coefficient (Wildman–Crippen LogP) is 2.09. The van der Waals surface area contributed by atoms with Gasteiger partial charge < -0.3 is 10.5 Å². The van der Waals surface area contributed by atoms with Crippen LogP contribution in [-0.4, -0.2) is 13.1 Å². The molecule has 1 aromatic carbocycles. The smallest absolute Gasteiger partial charge is 0.307 e. The lowest BCUT2D eigenvalue weighted by Gasteiger charge is -2.12. The van der Waals surface area contributed by atoms with Crippen LogP contribution in [-0.2, 0) is 9.53 Å². The summed E-state index contributed by atoms with van der Waals surface area (Å²) < 4.78 is 43.2. The fraction of sp³-hybridized carbons (Fsp3) is 0.300. The first-order chi connectivity index (χ1) is 7.45. The van der Waals surface area contributed by atoms with Crippen molar-refractivity contribution in [3.05, 3.63) is 35.1 Å². The number of methoxy groups -OCH3 is 1. The van der Waals surface area contributed by atoms with Crippen LogP contribution in [0.15, 0.2) is 12.1 Å². The molecule has 0 bridgehead atoms. The van der Waals surface area contributed by atoms with Gasteiger partial charge in [-0.1, -0.05) is 0 Å². The normalized spacial score (nSPS) is 11.6. The van der Waals surface area contributed by atoms with Crippen LogP contribution < -0.4 is 5.73 Å². The predicted molar refractivity (Wildman–Crippen MR) is 57.1 cm³/mol. The van der Waals surface area contributed by atoms with E-state index in [1.165, 1.54) is 0 Å². The molecule has 17 heavy (non-hydrogen) atoms. The van der Waals surface area contributed by atoms with E-state index in [9.17, 15) is 18.0 Å². The Bertz CT molecular complexity index is 415. The number of ether oxygens (including phenoxy) is 1. The highest BCUT2D eigenvalue weighted by molar-refractivity contribution is 5.85. The van der Waals surface area contributed by atoms with Gasteiger partial charge in [0.25, 0.3) is 0 Å². The molecule has 0 radical (unpaired) electrons.